The van der Waals surface area contributed by atoms with Crippen molar-refractivity contribution in [3.05, 3.63) is 24.3 Å². The summed E-state index contributed by atoms with van der Waals surface area (Å²) in [6, 6.07) is 7.80. The van der Waals surface area contributed by atoms with Crippen LogP contribution in [0, 0.1) is 5.41 Å². The van der Waals surface area contributed by atoms with Crippen molar-refractivity contribution in [1.82, 2.24) is 0 Å². The Kier molecular flexibility index (Phi) is 5.19. The maximum absolute atomic E-state index is 7.13. The van der Waals surface area contributed by atoms with Gasteiger partial charge in [0.15, 0.2) is 0 Å². The van der Waals surface area contributed by atoms with Gasteiger partial charge in [0.25, 0.3) is 0 Å². The van der Waals surface area contributed by atoms with Crippen molar-refractivity contribution in [1.29, 1.82) is 5.41 Å². The van der Waals surface area contributed by atoms with Crippen LogP contribution in [-0.2, 0) is 0 Å². The van der Waals surface area contributed by atoms with Crippen LogP contribution in [0.15, 0.2) is 24.3 Å². The Bertz CT molecular complexity index is 339. The topological polar surface area (TPSA) is 71.1 Å². The number of hydrogen-bond donors (Lipinski definition) is 3. The van der Waals surface area contributed by atoms with Gasteiger partial charge in [0.2, 0.25) is 0 Å². The molecule has 0 saturated heterocycles. The van der Waals surface area contributed by atoms with Gasteiger partial charge in [-0.1, -0.05) is 19.1 Å². The monoisotopic (exact) mass is 221 g/mol. The molecule has 1 rings (SSSR count). The van der Waals surface area contributed by atoms with Crippen LogP contribution < -0.4 is 15.8 Å². The third kappa shape index (κ3) is 4.21. The number of hydrogen-bond acceptors (Lipinski definition) is 3. The van der Waals surface area contributed by atoms with E-state index in [1.165, 1.54) is 0 Å². The number of nitrogens with two attached hydrogens (primary N) is 1. The number of para-hydroxylation sites is 2. The summed E-state index contributed by atoms with van der Waals surface area (Å²) < 4.78 is 5.60. The molecule has 1 aromatic carbocycles. The molecule has 4 N–H and O–H groups in total. The zero-order valence-electron chi connectivity index (χ0n) is 9.62. The summed E-state index contributed by atoms with van der Waals surface area (Å²) in [4.78, 5) is 0. The van der Waals surface area contributed by atoms with Crippen LogP contribution >= 0.6 is 0 Å². The van der Waals surface area contributed by atoms with Gasteiger partial charge in [0, 0.05) is 13.0 Å². The largest absolute Gasteiger partial charge is 0.491 e. The number of amidine groups is 1. The Morgan fingerprint density at radius 3 is 2.88 bits per heavy atom. The minimum absolute atomic E-state index is 0.194. The van der Waals surface area contributed by atoms with Gasteiger partial charge in [0.1, 0.15) is 5.75 Å². The minimum atomic E-state index is 0.194. The molecule has 16 heavy (non-hydrogen) atoms. The van der Waals surface area contributed by atoms with E-state index < -0.39 is 0 Å². The van der Waals surface area contributed by atoms with Crippen LogP contribution in [0.5, 0.6) is 5.75 Å². The summed E-state index contributed by atoms with van der Waals surface area (Å²) in [5.41, 5.74) is 6.24. The second kappa shape index (κ2) is 6.71. The summed E-state index contributed by atoms with van der Waals surface area (Å²) in [7, 11) is 0. The summed E-state index contributed by atoms with van der Waals surface area (Å²) >= 11 is 0. The molecule has 4 nitrogen and oxygen atoms in total. The molecular weight excluding hydrogens is 202 g/mol. The van der Waals surface area contributed by atoms with Crippen molar-refractivity contribution in [2.75, 3.05) is 18.5 Å². The van der Waals surface area contributed by atoms with Gasteiger partial charge < -0.3 is 15.8 Å². The van der Waals surface area contributed by atoms with E-state index in [0.717, 1.165) is 17.9 Å². The first-order valence-electron chi connectivity index (χ1n) is 5.52. The predicted molar refractivity (Wildman–Crippen MR) is 67.2 cm³/mol. The average Bonchev–Trinajstić information content (AvgIpc) is 2.27. The first kappa shape index (κ1) is 12.4. The molecule has 0 aliphatic rings. The van der Waals surface area contributed by atoms with Gasteiger partial charge >= 0.3 is 0 Å². The van der Waals surface area contributed by atoms with Crippen LogP contribution in [0.1, 0.15) is 19.8 Å². The van der Waals surface area contributed by atoms with Crippen molar-refractivity contribution in [2.24, 2.45) is 5.73 Å². The van der Waals surface area contributed by atoms with Crippen molar-refractivity contribution in [2.45, 2.75) is 19.8 Å². The molecule has 88 valence electrons. The normalized spacial score (nSPS) is 9.81. The fourth-order valence-corrected chi connectivity index (χ4v) is 1.28. The second-order valence-electron chi connectivity index (χ2n) is 3.55. The van der Waals surface area contributed by atoms with Crippen molar-refractivity contribution in [3.8, 4) is 5.75 Å². The van der Waals surface area contributed by atoms with E-state index in [2.05, 4.69) is 12.2 Å². The maximum atomic E-state index is 7.13. The SMILES string of the molecule is CCCOc1ccccc1NCCC(=N)N. The lowest BCUT2D eigenvalue weighted by Gasteiger charge is -2.12. The molecule has 0 amide bonds. The summed E-state index contributed by atoms with van der Waals surface area (Å²) in [6.45, 7) is 3.44. The molecule has 4 heteroatoms. The van der Waals surface area contributed by atoms with Crippen LogP contribution in [0.3, 0.4) is 0 Å². The van der Waals surface area contributed by atoms with Gasteiger partial charge in [-0.05, 0) is 18.6 Å². The molecule has 0 unspecified atom stereocenters. The van der Waals surface area contributed by atoms with Gasteiger partial charge in [-0.2, -0.15) is 0 Å². The highest BCUT2D eigenvalue weighted by molar-refractivity contribution is 5.77. The first-order valence-corrected chi connectivity index (χ1v) is 5.52. The maximum Gasteiger partial charge on any atom is 0.142 e. The Morgan fingerprint density at radius 2 is 2.19 bits per heavy atom. The van der Waals surface area contributed by atoms with Gasteiger partial charge in [-0.3, -0.25) is 5.41 Å². The molecule has 0 atom stereocenters. The van der Waals surface area contributed by atoms with E-state index in [9.17, 15) is 0 Å². The van der Waals surface area contributed by atoms with E-state index in [1.807, 2.05) is 24.3 Å². The molecule has 0 aromatic heterocycles. The van der Waals surface area contributed by atoms with Crippen molar-refractivity contribution < 1.29 is 4.74 Å². The molecular formula is C12H19N3O. The molecule has 0 aliphatic heterocycles. The lowest BCUT2D eigenvalue weighted by atomic mass is 10.3. The molecule has 0 radical (unpaired) electrons. The predicted octanol–water partition coefficient (Wildman–Crippen LogP) is 2.21. The fourth-order valence-electron chi connectivity index (χ4n) is 1.28. The highest BCUT2D eigenvalue weighted by Crippen LogP contribution is 2.23. The third-order valence-corrected chi connectivity index (χ3v) is 2.06. The highest BCUT2D eigenvalue weighted by Gasteiger charge is 2.01. The third-order valence-electron chi connectivity index (χ3n) is 2.06. The van der Waals surface area contributed by atoms with Crippen LogP contribution in [-0.4, -0.2) is 19.0 Å². The van der Waals surface area contributed by atoms with Gasteiger partial charge in [-0.15, -0.1) is 0 Å². The van der Waals surface area contributed by atoms with Gasteiger partial charge in [0.05, 0.1) is 18.1 Å². The number of anilines is 1. The number of benzene rings is 1. The molecule has 0 heterocycles. The Balaban J connectivity index is 2.52. The van der Waals surface area contributed by atoms with Crippen molar-refractivity contribution in [3.63, 3.8) is 0 Å². The van der Waals surface area contributed by atoms with E-state index in [-0.39, 0.29) is 5.84 Å². The van der Waals surface area contributed by atoms with E-state index >= 15 is 0 Å². The molecule has 0 fully saturated rings. The Hall–Kier alpha value is -1.71. The number of rotatable bonds is 7. The fraction of sp³-hybridized carbons (Fsp3) is 0.417. The Morgan fingerprint density at radius 1 is 1.44 bits per heavy atom. The lowest BCUT2D eigenvalue weighted by molar-refractivity contribution is 0.319. The minimum Gasteiger partial charge on any atom is -0.491 e. The Labute approximate surface area is 96.3 Å². The summed E-state index contributed by atoms with van der Waals surface area (Å²) in [5.74, 6) is 1.05. The molecule has 0 aliphatic carbocycles. The van der Waals surface area contributed by atoms with Crippen LogP contribution in [0.4, 0.5) is 5.69 Å². The number of ether oxygens (including phenoxy) is 1. The first-order chi connectivity index (χ1) is 7.74. The second-order valence-corrected chi connectivity index (χ2v) is 3.55. The highest BCUT2D eigenvalue weighted by atomic mass is 16.5. The standard InChI is InChI=1S/C12H19N3O/c1-2-9-16-11-6-4-3-5-10(11)15-8-7-12(13)14/h3-6,15H,2,7-9H2,1H3,(H3,13,14). The number of nitrogens with one attached hydrogen (secondary N) is 2. The molecule has 0 spiro atoms. The molecule has 0 saturated carbocycles. The van der Waals surface area contributed by atoms with Crippen molar-refractivity contribution >= 4 is 11.5 Å². The van der Waals surface area contributed by atoms with E-state index in [1.54, 1.807) is 0 Å². The summed E-state index contributed by atoms with van der Waals surface area (Å²) in [6.07, 6.45) is 1.53. The van der Waals surface area contributed by atoms with E-state index in [0.29, 0.717) is 19.6 Å². The van der Waals surface area contributed by atoms with E-state index in [4.69, 9.17) is 15.9 Å². The zero-order chi connectivity index (χ0) is 11.8. The lowest BCUT2D eigenvalue weighted by Crippen LogP contribution is -2.15. The smallest absolute Gasteiger partial charge is 0.142 e. The van der Waals surface area contributed by atoms with Gasteiger partial charge in [-0.25, -0.2) is 0 Å². The van der Waals surface area contributed by atoms with Crippen LogP contribution in [0.2, 0.25) is 0 Å². The molecule has 1 aromatic rings. The average molecular weight is 221 g/mol. The molecule has 0 bridgehead atoms. The quantitative estimate of drug-likeness (QED) is 0.488. The summed E-state index contributed by atoms with van der Waals surface area (Å²) in [5, 5.41) is 10.3. The van der Waals surface area contributed by atoms with Crippen LogP contribution in [0.25, 0.3) is 0 Å². The zero-order valence-corrected chi connectivity index (χ0v) is 9.62.